The van der Waals surface area contributed by atoms with Gasteiger partial charge in [-0.15, -0.1) is 0 Å². The lowest BCUT2D eigenvalue weighted by molar-refractivity contribution is -0.117. The van der Waals surface area contributed by atoms with Crippen molar-refractivity contribution >= 4 is 29.0 Å². The van der Waals surface area contributed by atoms with Crippen LogP contribution in [0.3, 0.4) is 0 Å². The van der Waals surface area contributed by atoms with Gasteiger partial charge in [0.25, 0.3) is 11.8 Å². The van der Waals surface area contributed by atoms with E-state index >= 15 is 4.39 Å². The Kier molecular flexibility index (Phi) is 7.81. The fourth-order valence-electron chi connectivity index (χ4n) is 5.29. The molecule has 2 aliphatic rings. The largest absolute Gasteiger partial charge is 0.474 e. The molecule has 4 aromatic rings. The second-order valence-corrected chi connectivity index (χ2v) is 11.0. The fraction of sp³-hybridized carbons (Fsp3) is 0.281. The zero-order chi connectivity index (χ0) is 31.0. The van der Waals surface area contributed by atoms with Crippen molar-refractivity contribution in [1.29, 1.82) is 0 Å². The Bertz CT molecular complexity index is 1770. The number of halogens is 2. The smallest absolute Gasteiger partial charge is 0.269 e. The number of aryl methyl sites for hydroxylation is 1. The summed E-state index contributed by atoms with van der Waals surface area (Å²) in [5, 5.41) is 12.9. The summed E-state index contributed by atoms with van der Waals surface area (Å²) in [6, 6.07) is 16.5. The summed E-state index contributed by atoms with van der Waals surface area (Å²) in [4.78, 5) is 36.1. The van der Waals surface area contributed by atoms with Crippen molar-refractivity contribution < 1.29 is 23.1 Å². The highest BCUT2D eigenvalue weighted by atomic mass is 19.1. The van der Waals surface area contributed by atoms with Crippen LogP contribution in [0.15, 0.2) is 65.7 Å². The number of aromatic nitrogens is 3. The molecule has 0 spiro atoms. The maximum atomic E-state index is 15.5. The Balaban J connectivity index is 1.43. The molecule has 2 aliphatic heterocycles. The topological polar surface area (TPSA) is 123 Å². The molecule has 12 heteroatoms. The molecule has 0 aliphatic carbocycles. The maximum Gasteiger partial charge on any atom is 0.269 e. The lowest BCUT2D eigenvalue weighted by Crippen LogP contribution is -2.42. The molecule has 0 radical (unpaired) electrons. The van der Waals surface area contributed by atoms with E-state index in [1.165, 1.54) is 22.9 Å². The van der Waals surface area contributed by atoms with Crippen LogP contribution in [0.5, 0.6) is 5.88 Å². The highest BCUT2D eigenvalue weighted by Gasteiger charge is 2.34. The van der Waals surface area contributed by atoms with Gasteiger partial charge < -0.3 is 20.7 Å². The summed E-state index contributed by atoms with van der Waals surface area (Å²) in [5.41, 5.74) is 1.21. The summed E-state index contributed by atoms with van der Waals surface area (Å²) >= 11 is 0. The number of para-hydroxylation sites is 1. The van der Waals surface area contributed by atoms with E-state index in [1.807, 2.05) is 26.8 Å². The number of benzene rings is 2. The average Bonchev–Trinajstić information content (AvgIpc) is 3.13. The van der Waals surface area contributed by atoms with Crippen molar-refractivity contribution in [2.45, 2.75) is 58.5 Å². The van der Waals surface area contributed by atoms with Crippen LogP contribution in [0.2, 0.25) is 0 Å². The minimum atomic E-state index is -1.46. The number of carbonyl (C=O) groups excluding carboxylic acids is 2. The van der Waals surface area contributed by atoms with Gasteiger partial charge in [0, 0.05) is 23.7 Å². The Morgan fingerprint density at radius 3 is 2.61 bits per heavy atom. The number of rotatable bonds is 6. The normalized spacial score (nSPS) is 17.8. The van der Waals surface area contributed by atoms with E-state index in [4.69, 9.17) is 4.74 Å². The number of ether oxygens (including phenoxy) is 1. The fourth-order valence-corrected chi connectivity index (χ4v) is 5.29. The van der Waals surface area contributed by atoms with E-state index in [1.54, 1.807) is 36.4 Å². The van der Waals surface area contributed by atoms with Gasteiger partial charge in [-0.05, 0) is 51.8 Å². The van der Waals surface area contributed by atoms with Gasteiger partial charge in [0.1, 0.15) is 22.9 Å². The van der Waals surface area contributed by atoms with E-state index in [2.05, 4.69) is 31.0 Å². The van der Waals surface area contributed by atoms with Crippen LogP contribution >= 0.6 is 0 Å². The van der Waals surface area contributed by atoms with Crippen molar-refractivity contribution in [2.24, 2.45) is 4.99 Å². The number of fused-ring (bicyclic) bond motifs is 2. The number of nitrogens with one attached hydrogen (secondary N) is 3. The zero-order valence-corrected chi connectivity index (χ0v) is 24.4. The third kappa shape index (κ3) is 5.62. The van der Waals surface area contributed by atoms with Crippen molar-refractivity contribution in [3.8, 4) is 17.1 Å². The monoisotopic (exact) mass is 599 g/mol. The number of pyridine rings is 1. The molecular weight excluding hydrogens is 568 g/mol. The molecule has 4 heterocycles. The first-order valence-corrected chi connectivity index (χ1v) is 14.4. The van der Waals surface area contributed by atoms with Gasteiger partial charge in [0.15, 0.2) is 0 Å². The number of benzodiazepines with no additional fused rings is 1. The Labute approximate surface area is 252 Å². The number of amides is 2. The molecule has 2 aromatic heterocycles. The first-order chi connectivity index (χ1) is 21.2. The molecular formula is C32H31F2N7O3. The van der Waals surface area contributed by atoms with Crippen LogP contribution in [0.25, 0.3) is 11.3 Å². The summed E-state index contributed by atoms with van der Waals surface area (Å²) in [6.45, 7) is 6.13. The lowest BCUT2D eigenvalue weighted by atomic mass is 10.0. The van der Waals surface area contributed by atoms with E-state index in [9.17, 15) is 14.0 Å². The van der Waals surface area contributed by atoms with Gasteiger partial charge >= 0.3 is 0 Å². The summed E-state index contributed by atoms with van der Waals surface area (Å²) < 4.78 is 38.1. The van der Waals surface area contributed by atoms with Gasteiger partial charge in [-0.1, -0.05) is 42.5 Å². The van der Waals surface area contributed by atoms with Crippen molar-refractivity contribution in [3.63, 3.8) is 0 Å². The van der Waals surface area contributed by atoms with Gasteiger partial charge in [0.2, 0.25) is 18.0 Å². The molecule has 2 aromatic carbocycles. The molecule has 0 fully saturated rings. The summed E-state index contributed by atoms with van der Waals surface area (Å²) in [5.74, 6) is -2.49. The summed E-state index contributed by atoms with van der Waals surface area (Å²) in [7, 11) is 0. The third-order valence-corrected chi connectivity index (χ3v) is 7.31. The molecule has 10 nitrogen and oxygen atoms in total. The Hall–Kier alpha value is -5.13. The quantitative estimate of drug-likeness (QED) is 0.264. The Morgan fingerprint density at radius 1 is 1.07 bits per heavy atom. The molecule has 2 atom stereocenters. The first-order valence-electron chi connectivity index (χ1n) is 14.4. The molecule has 0 saturated heterocycles. The van der Waals surface area contributed by atoms with E-state index in [0.29, 0.717) is 29.2 Å². The van der Waals surface area contributed by atoms with Crippen molar-refractivity contribution in [2.75, 3.05) is 10.6 Å². The minimum absolute atomic E-state index is 0.00504. The van der Waals surface area contributed by atoms with Crippen LogP contribution in [-0.2, 0) is 11.3 Å². The second kappa shape index (κ2) is 11.9. The van der Waals surface area contributed by atoms with Gasteiger partial charge in [-0.2, -0.15) is 9.49 Å². The molecule has 0 unspecified atom stereocenters. The lowest BCUT2D eigenvalue weighted by Gasteiger charge is -2.16. The molecule has 0 saturated carbocycles. The average molecular weight is 600 g/mol. The molecule has 226 valence electrons. The van der Waals surface area contributed by atoms with Crippen molar-refractivity contribution in [1.82, 2.24) is 20.1 Å². The van der Waals surface area contributed by atoms with Crippen LogP contribution in [0, 0.1) is 11.8 Å². The minimum Gasteiger partial charge on any atom is -0.474 e. The number of anilines is 2. The molecule has 2 amide bonds. The van der Waals surface area contributed by atoms with Crippen LogP contribution < -0.4 is 20.7 Å². The predicted octanol–water partition coefficient (Wildman–Crippen LogP) is 5.15. The standard InChI is InChI=1S/C32H31F2N7O3/c1-17(2)35-23-15-14-21(28(34)36-23)27-24(32-41(40-27)16-8-9-18(3)44-32)30(42)39-29-31(43)38-26-20(12-7-13-22(26)33)25(37-29)19-10-5-4-6-11-19/h4-7,10-15,17-18,29H,8-9,16H2,1-3H3,(H,35,36)(H,38,43)(H,39,42)/t18-,29-/m1/s1. The number of carbonyl (C=O) groups is 2. The number of hydrogen-bond acceptors (Lipinski definition) is 7. The second-order valence-electron chi connectivity index (χ2n) is 11.0. The molecule has 0 bridgehead atoms. The molecule has 6 rings (SSSR count). The Morgan fingerprint density at radius 2 is 1.86 bits per heavy atom. The number of aliphatic imine (C=N–C) groups is 1. The zero-order valence-electron chi connectivity index (χ0n) is 24.4. The maximum absolute atomic E-state index is 15.5. The van der Waals surface area contributed by atoms with E-state index in [-0.39, 0.29) is 40.5 Å². The molecule has 3 N–H and O–H groups in total. The molecule has 44 heavy (non-hydrogen) atoms. The first kappa shape index (κ1) is 29.0. The predicted molar refractivity (Wildman–Crippen MR) is 162 cm³/mol. The van der Waals surface area contributed by atoms with Crippen LogP contribution in [0.1, 0.15) is 55.1 Å². The van der Waals surface area contributed by atoms with Crippen LogP contribution in [-0.4, -0.2) is 50.6 Å². The number of nitrogens with zero attached hydrogens (tertiary/aromatic N) is 4. The van der Waals surface area contributed by atoms with E-state index < -0.39 is 29.7 Å². The van der Waals surface area contributed by atoms with Gasteiger partial charge in [-0.25, -0.2) is 19.0 Å². The SMILES string of the molecule is CC(C)Nc1ccc(-c2nn3c(c2C(=O)N[C@H]2N=C(c4ccccc4)c4cccc(F)c4NC2=O)O[C@H](C)CCC3)c(F)n1. The third-order valence-electron chi connectivity index (χ3n) is 7.31. The van der Waals surface area contributed by atoms with Gasteiger partial charge in [-0.3, -0.25) is 9.59 Å². The highest BCUT2D eigenvalue weighted by Crippen LogP contribution is 2.35. The van der Waals surface area contributed by atoms with Crippen LogP contribution in [0.4, 0.5) is 20.3 Å². The van der Waals surface area contributed by atoms with Crippen molar-refractivity contribution in [3.05, 3.63) is 89.1 Å². The van der Waals surface area contributed by atoms with E-state index in [0.717, 1.165) is 12.8 Å². The number of hydrogen-bond donors (Lipinski definition) is 3. The summed E-state index contributed by atoms with van der Waals surface area (Å²) in [6.07, 6.45) is -0.246. The highest BCUT2D eigenvalue weighted by molar-refractivity contribution is 6.20. The van der Waals surface area contributed by atoms with Gasteiger partial charge in [0.05, 0.1) is 23.1 Å².